The van der Waals surface area contributed by atoms with Crippen molar-refractivity contribution in [3.63, 3.8) is 0 Å². The zero-order valence-corrected chi connectivity index (χ0v) is 14.1. The summed E-state index contributed by atoms with van der Waals surface area (Å²) in [5.41, 5.74) is 2.85. The van der Waals surface area contributed by atoms with Gasteiger partial charge in [0, 0.05) is 17.4 Å². The molecule has 0 amide bonds. The van der Waals surface area contributed by atoms with Gasteiger partial charge in [0.05, 0.1) is 0 Å². The number of benzene rings is 2. The molecule has 5 rings (SSSR count). The number of hydrogen-bond acceptors (Lipinski definition) is 5. The van der Waals surface area contributed by atoms with E-state index < -0.39 is 0 Å². The molecule has 0 N–H and O–H groups in total. The minimum Gasteiger partial charge on any atom is -0.454 e. The summed E-state index contributed by atoms with van der Waals surface area (Å²) in [5, 5.41) is 0. The molecule has 5 nitrogen and oxygen atoms in total. The number of hydrogen-bond donors (Lipinski definition) is 0. The first-order valence-electron chi connectivity index (χ1n) is 8.51. The van der Waals surface area contributed by atoms with Crippen LogP contribution in [0.4, 0.5) is 0 Å². The Balaban J connectivity index is 1.69. The van der Waals surface area contributed by atoms with Crippen molar-refractivity contribution in [1.29, 1.82) is 0 Å². The maximum Gasteiger partial charge on any atom is 0.231 e. The highest BCUT2D eigenvalue weighted by molar-refractivity contribution is 6.01. The zero-order valence-electron chi connectivity index (χ0n) is 14.1. The summed E-state index contributed by atoms with van der Waals surface area (Å²) < 4.78 is 22.0. The fraction of sp³-hybridized carbons (Fsp3) is 0.350. The van der Waals surface area contributed by atoms with E-state index in [1.807, 2.05) is 31.2 Å². The summed E-state index contributed by atoms with van der Waals surface area (Å²) >= 11 is 0. The maximum absolute atomic E-state index is 12.8. The van der Waals surface area contributed by atoms with Crippen LogP contribution in [0.1, 0.15) is 41.3 Å². The molecule has 25 heavy (non-hydrogen) atoms. The first kappa shape index (κ1) is 14.6. The molecule has 1 unspecified atom stereocenters. The third kappa shape index (κ3) is 2.05. The highest BCUT2D eigenvalue weighted by Gasteiger charge is 2.40. The van der Waals surface area contributed by atoms with E-state index in [1.54, 1.807) is 0 Å². The second-order valence-electron chi connectivity index (χ2n) is 6.90. The van der Waals surface area contributed by atoms with Gasteiger partial charge in [-0.25, -0.2) is 0 Å². The highest BCUT2D eigenvalue weighted by Crippen LogP contribution is 2.49. The fourth-order valence-electron chi connectivity index (χ4n) is 4.07. The van der Waals surface area contributed by atoms with Gasteiger partial charge in [-0.3, -0.25) is 4.79 Å². The molecule has 1 aliphatic carbocycles. The van der Waals surface area contributed by atoms with E-state index in [4.69, 9.17) is 18.9 Å². The summed E-state index contributed by atoms with van der Waals surface area (Å²) in [6.45, 7) is 4.58. The molecule has 2 heterocycles. The molecule has 2 aliphatic heterocycles. The van der Waals surface area contributed by atoms with Crippen LogP contribution in [0.15, 0.2) is 30.3 Å². The van der Waals surface area contributed by atoms with Gasteiger partial charge in [-0.05, 0) is 41.3 Å². The standard InChI is InChI=1S/C20H18O5/c1-10-11(2)20(21)14-7-18-17(24-9-25-18)6-13(14)19(10)12-3-4-15-16(5-12)23-8-22-15/h3-7,10-11,19H,8-9H2,1-2H3/t10-,11-,19?/m0/s1. The van der Waals surface area contributed by atoms with Gasteiger partial charge in [0.25, 0.3) is 0 Å². The Bertz CT molecular complexity index is 888. The number of carbonyl (C=O) groups excluding carboxylic acids is 1. The van der Waals surface area contributed by atoms with Crippen LogP contribution in [0.3, 0.4) is 0 Å². The Hall–Kier alpha value is -2.69. The molecule has 0 fully saturated rings. The van der Waals surface area contributed by atoms with E-state index in [2.05, 4.69) is 13.0 Å². The first-order chi connectivity index (χ1) is 12.1. The van der Waals surface area contributed by atoms with Crippen LogP contribution >= 0.6 is 0 Å². The normalized spacial score (nSPS) is 25.8. The zero-order chi connectivity index (χ0) is 17.1. The summed E-state index contributed by atoms with van der Waals surface area (Å²) in [6.07, 6.45) is 0. The number of Topliss-reactive ketones (excluding diaryl/α,β-unsaturated/α-hetero) is 1. The van der Waals surface area contributed by atoms with Crippen molar-refractivity contribution in [3.8, 4) is 23.0 Å². The monoisotopic (exact) mass is 338 g/mol. The van der Waals surface area contributed by atoms with Crippen LogP contribution in [-0.4, -0.2) is 19.4 Å². The molecule has 0 aromatic heterocycles. The molecule has 0 radical (unpaired) electrons. The van der Waals surface area contributed by atoms with Crippen LogP contribution in [0.25, 0.3) is 0 Å². The molecule has 0 saturated carbocycles. The number of fused-ring (bicyclic) bond motifs is 3. The third-order valence-electron chi connectivity index (χ3n) is 5.63. The van der Waals surface area contributed by atoms with Gasteiger partial charge in [0.15, 0.2) is 28.8 Å². The summed E-state index contributed by atoms with van der Waals surface area (Å²) in [4.78, 5) is 12.8. The lowest BCUT2D eigenvalue weighted by Crippen LogP contribution is -2.32. The highest BCUT2D eigenvalue weighted by atomic mass is 16.7. The molecular weight excluding hydrogens is 320 g/mol. The second-order valence-corrected chi connectivity index (χ2v) is 6.90. The predicted molar refractivity (Wildman–Crippen MR) is 89.6 cm³/mol. The Kier molecular flexibility index (Phi) is 3.02. The topological polar surface area (TPSA) is 54.0 Å². The van der Waals surface area contributed by atoms with Gasteiger partial charge in [0.2, 0.25) is 13.6 Å². The molecule has 0 bridgehead atoms. The summed E-state index contributed by atoms with van der Waals surface area (Å²) in [5.74, 6) is 3.24. The lowest BCUT2D eigenvalue weighted by molar-refractivity contribution is 0.0866. The smallest absolute Gasteiger partial charge is 0.231 e. The van der Waals surface area contributed by atoms with Crippen LogP contribution in [-0.2, 0) is 0 Å². The van der Waals surface area contributed by atoms with Gasteiger partial charge < -0.3 is 18.9 Å². The first-order valence-corrected chi connectivity index (χ1v) is 8.51. The largest absolute Gasteiger partial charge is 0.454 e. The number of rotatable bonds is 1. The van der Waals surface area contributed by atoms with Crippen LogP contribution in [0.5, 0.6) is 23.0 Å². The van der Waals surface area contributed by atoms with Crippen molar-refractivity contribution in [1.82, 2.24) is 0 Å². The van der Waals surface area contributed by atoms with Gasteiger partial charge in [-0.15, -0.1) is 0 Å². The Morgan fingerprint density at radius 3 is 2.24 bits per heavy atom. The molecular formula is C20H18O5. The summed E-state index contributed by atoms with van der Waals surface area (Å²) in [7, 11) is 0. The van der Waals surface area contributed by atoms with Crippen molar-refractivity contribution in [2.75, 3.05) is 13.6 Å². The van der Waals surface area contributed by atoms with Crippen molar-refractivity contribution in [2.45, 2.75) is 19.8 Å². The van der Waals surface area contributed by atoms with E-state index in [1.165, 1.54) is 0 Å². The van der Waals surface area contributed by atoms with Gasteiger partial charge >= 0.3 is 0 Å². The Labute approximate surface area is 145 Å². The number of ketones is 1. The molecule has 2 aromatic carbocycles. The van der Waals surface area contributed by atoms with Crippen molar-refractivity contribution in [2.24, 2.45) is 11.8 Å². The second kappa shape index (κ2) is 5.15. The Morgan fingerprint density at radius 1 is 0.840 bits per heavy atom. The van der Waals surface area contributed by atoms with E-state index in [-0.39, 0.29) is 37.1 Å². The quantitative estimate of drug-likeness (QED) is 0.793. The average molecular weight is 338 g/mol. The molecule has 3 atom stereocenters. The van der Waals surface area contributed by atoms with Gasteiger partial charge in [-0.1, -0.05) is 19.9 Å². The van der Waals surface area contributed by atoms with E-state index in [0.717, 1.165) is 28.2 Å². The van der Waals surface area contributed by atoms with Crippen molar-refractivity contribution in [3.05, 3.63) is 47.0 Å². The number of ether oxygens (including phenoxy) is 4. The molecule has 0 saturated heterocycles. The van der Waals surface area contributed by atoms with E-state index in [9.17, 15) is 4.79 Å². The maximum atomic E-state index is 12.8. The molecule has 3 aliphatic rings. The van der Waals surface area contributed by atoms with Crippen molar-refractivity contribution < 1.29 is 23.7 Å². The van der Waals surface area contributed by atoms with Crippen LogP contribution in [0, 0.1) is 11.8 Å². The summed E-state index contributed by atoms with van der Waals surface area (Å²) in [6, 6.07) is 9.83. The lowest BCUT2D eigenvalue weighted by atomic mass is 9.67. The Morgan fingerprint density at radius 2 is 1.48 bits per heavy atom. The molecule has 2 aromatic rings. The minimum atomic E-state index is -0.0664. The van der Waals surface area contributed by atoms with Gasteiger partial charge in [0.1, 0.15) is 0 Å². The molecule has 0 spiro atoms. The van der Waals surface area contributed by atoms with E-state index in [0.29, 0.717) is 11.5 Å². The van der Waals surface area contributed by atoms with Crippen molar-refractivity contribution >= 4 is 5.78 Å². The third-order valence-corrected chi connectivity index (χ3v) is 5.63. The molecule has 5 heteroatoms. The molecule has 128 valence electrons. The lowest BCUT2D eigenvalue weighted by Gasteiger charge is -2.35. The average Bonchev–Trinajstić information content (AvgIpc) is 3.26. The van der Waals surface area contributed by atoms with Crippen LogP contribution in [0.2, 0.25) is 0 Å². The van der Waals surface area contributed by atoms with E-state index >= 15 is 0 Å². The minimum absolute atomic E-state index is 0.0664. The SMILES string of the molecule is C[C@@H]1C(=O)c2cc3c(cc2C(c2ccc4c(c2)OCO4)[C@H]1C)OCO3. The predicted octanol–water partition coefficient (Wildman–Crippen LogP) is 3.74. The van der Waals surface area contributed by atoms with Gasteiger partial charge in [-0.2, -0.15) is 0 Å². The fourth-order valence-corrected chi connectivity index (χ4v) is 4.07. The number of carbonyl (C=O) groups is 1. The van der Waals surface area contributed by atoms with Crippen LogP contribution < -0.4 is 18.9 Å².